The monoisotopic (exact) mass is 312 g/mol. The molecule has 1 saturated heterocycles. The lowest BCUT2D eigenvalue weighted by Gasteiger charge is -2.40. The molecule has 0 unspecified atom stereocenters. The fourth-order valence-corrected chi connectivity index (χ4v) is 4.10. The van der Waals surface area contributed by atoms with Gasteiger partial charge in [-0.1, -0.05) is 12.2 Å². The van der Waals surface area contributed by atoms with Gasteiger partial charge in [-0.25, -0.2) is 0 Å². The highest BCUT2D eigenvalue weighted by molar-refractivity contribution is 8.02. The summed E-state index contributed by atoms with van der Waals surface area (Å²) in [5, 5.41) is 4.51. The van der Waals surface area contributed by atoms with Gasteiger partial charge in [0, 0.05) is 26.2 Å². The first-order valence-corrected chi connectivity index (χ1v) is 8.75. The van der Waals surface area contributed by atoms with Crippen molar-refractivity contribution in [1.29, 1.82) is 0 Å². The van der Waals surface area contributed by atoms with E-state index in [1.807, 2.05) is 11.8 Å². The van der Waals surface area contributed by atoms with Crippen molar-refractivity contribution < 1.29 is 0 Å². The molecule has 0 bridgehead atoms. The molecule has 0 aliphatic carbocycles. The summed E-state index contributed by atoms with van der Waals surface area (Å²) in [7, 11) is 0. The first-order valence-electron chi connectivity index (χ1n) is 7.11. The fourth-order valence-electron chi connectivity index (χ4n) is 2.85. The molecule has 0 amide bonds. The highest BCUT2D eigenvalue weighted by Gasteiger charge is 2.36. The van der Waals surface area contributed by atoms with Gasteiger partial charge in [0.25, 0.3) is 0 Å². The third-order valence-electron chi connectivity index (χ3n) is 4.17. The first-order chi connectivity index (χ1) is 9.50. The van der Waals surface area contributed by atoms with E-state index in [4.69, 9.17) is 18.0 Å². The van der Waals surface area contributed by atoms with Gasteiger partial charge in [-0.3, -0.25) is 9.58 Å². The van der Waals surface area contributed by atoms with Crippen molar-refractivity contribution in [3.8, 4) is 0 Å². The van der Waals surface area contributed by atoms with Gasteiger partial charge in [-0.2, -0.15) is 16.9 Å². The minimum atomic E-state index is 0.00670. The van der Waals surface area contributed by atoms with Crippen LogP contribution in [0.4, 0.5) is 0 Å². The summed E-state index contributed by atoms with van der Waals surface area (Å²) >= 11 is 7.07. The van der Waals surface area contributed by atoms with Crippen LogP contribution in [-0.4, -0.2) is 43.8 Å². The van der Waals surface area contributed by atoms with Crippen molar-refractivity contribution >= 4 is 29.0 Å². The van der Waals surface area contributed by atoms with Gasteiger partial charge < -0.3 is 5.73 Å². The summed E-state index contributed by atoms with van der Waals surface area (Å²) in [6, 6.07) is 2.19. The van der Waals surface area contributed by atoms with Crippen LogP contribution in [0.5, 0.6) is 0 Å². The molecule has 0 spiro atoms. The molecule has 1 fully saturated rings. The number of hydrogen-bond donors (Lipinski definition) is 1. The molecular weight excluding hydrogens is 288 g/mol. The number of nitrogens with two attached hydrogens (primary N) is 1. The van der Waals surface area contributed by atoms with Gasteiger partial charge in [-0.15, -0.1) is 0 Å². The maximum absolute atomic E-state index is 5.94. The van der Waals surface area contributed by atoms with E-state index in [9.17, 15) is 0 Å². The molecule has 0 saturated carbocycles. The molecule has 1 aliphatic heterocycles. The van der Waals surface area contributed by atoms with Gasteiger partial charge in [0.15, 0.2) is 0 Å². The van der Waals surface area contributed by atoms with Crippen LogP contribution in [0.3, 0.4) is 0 Å². The number of likely N-dealkylation sites (tertiary alicyclic amines) is 1. The zero-order chi connectivity index (χ0) is 14.8. The SMILES string of the molecule is CCn1nc(C)cc1CN1CCC(SC)(C(N)=S)CC1. The Morgan fingerprint density at radius 3 is 2.65 bits per heavy atom. The van der Waals surface area contributed by atoms with E-state index in [2.05, 4.69) is 40.9 Å². The van der Waals surface area contributed by atoms with Crippen LogP contribution in [-0.2, 0) is 13.1 Å². The number of nitrogens with zero attached hydrogens (tertiary/aromatic N) is 3. The second-order valence-electron chi connectivity index (χ2n) is 5.43. The van der Waals surface area contributed by atoms with E-state index in [0.717, 1.165) is 44.7 Å². The summed E-state index contributed by atoms with van der Waals surface area (Å²) in [4.78, 5) is 3.15. The number of aryl methyl sites for hydroxylation is 2. The van der Waals surface area contributed by atoms with Crippen molar-refractivity contribution in [3.05, 3.63) is 17.5 Å². The lowest BCUT2D eigenvalue weighted by molar-refractivity contribution is 0.207. The molecular formula is C14H24N4S2. The number of hydrogen-bond acceptors (Lipinski definition) is 4. The number of piperidine rings is 1. The van der Waals surface area contributed by atoms with Crippen LogP contribution >= 0.6 is 24.0 Å². The van der Waals surface area contributed by atoms with Crippen LogP contribution in [0.1, 0.15) is 31.2 Å². The Kier molecular flexibility index (Phi) is 5.09. The van der Waals surface area contributed by atoms with Crippen LogP contribution in [0.25, 0.3) is 0 Å². The lowest BCUT2D eigenvalue weighted by atomic mass is 9.95. The molecule has 0 radical (unpaired) electrons. The quantitative estimate of drug-likeness (QED) is 0.845. The molecule has 0 aromatic carbocycles. The highest BCUT2D eigenvalue weighted by atomic mass is 32.2. The number of aromatic nitrogens is 2. The third kappa shape index (κ3) is 3.18. The highest BCUT2D eigenvalue weighted by Crippen LogP contribution is 2.35. The van der Waals surface area contributed by atoms with E-state index in [1.54, 1.807) is 0 Å². The molecule has 4 nitrogen and oxygen atoms in total. The summed E-state index contributed by atoms with van der Waals surface area (Å²) < 4.78 is 2.10. The third-order valence-corrected chi connectivity index (χ3v) is 6.10. The summed E-state index contributed by atoms with van der Waals surface area (Å²) in [5.41, 5.74) is 8.34. The van der Waals surface area contributed by atoms with Gasteiger partial charge in [0.2, 0.25) is 0 Å². The molecule has 2 rings (SSSR count). The topological polar surface area (TPSA) is 47.1 Å². The number of thioether (sulfide) groups is 1. The molecule has 2 N–H and O–H groups in total. The lowest BCUT2D eigenvalue weighted by Crippen LogP contribution is -2.49. The summed E-state index contributed by atoms with van der Waals surface area (Å²) in [5.74, 6) is 0. The second kappa shape index (κ2) is 6.45. The normalized spacial score (nSPS) is 19.1. The fraction of sp³-hybridized carbons (Fsp3) is 0.714. The standard InChI is InChI=1S/C14H24N4S2/c1-4-18-12(9-11(2)16-18)10-17-7-5-14(20-3,6-8-17)13(15)19/h9H,4-8,10H2,1-3H3,(H2,15,19). The Morgan fingerprint density at radius 1 is 1.50 bits per heavy atom. The van der Waals surface area contributed by atoms with E-state index in [1.165, 1.54) is 5.69 Å². The summed E-state index contributed by atoms with van der Waals surface area (Å²) in [6.07, 6.45) is 4.20. The maximum atomic E-state index is 5.94. The van der Waals surface area contributed by atoms with Gasteiger partial charge in [0.1, 0.15) is 0 Å². The van der Waals surface area contributed by atoms with Crippen LogP contribution < -0.4 is 5.73 Å². The van der Waals surface area contributed by atoms with Crippen LogP contribution in [0.2, 0.25) is 0 Å². The molecule has 0 atom stereocenters. The van der Waals surface area contributed by atoms with Crippen molar-refractivity contribution in [2.24, 2.45) is 5.73 Å². The van der Waals surface area contributed by atoms with Crippen LogP contribution in [0.15, 0.2) is 6.07 Å². The molecule has 1 aromatic heterocycles. The average Bonchev–Trinajstić information content (AvgIpc) is 2.79. The molecule has 1 aromatic rings. The Bertz CT molecular complexity index is 476. The zero-order valence-corrected chi connectivity index (χ0v) is 14.2. The van der Waals surface area contributed by atoms with Crippen molar-refractivity contribution in [1.82, 2.24) is 14.7 Å². The Morgan fingerprint density at radius 2 is 2.15 bits per heavy atom. The molecule has 1 aliphatic rings. The molecule has 6 heteroatoms. The van der Waals surface area contributed by atoms with Gasteiger partial charge in [-0.05, 0) is 39.0 Å². The molecule has 2 heterocycles. The second-order valence-corrected chi connectivity index (χ2v) is 7.06. The minimum absolute atomic E-state index is 0.00670. The Labute approximate surface area is 131 Å². The van der Waals surface area contributed by atoms with E-state index < -0.39 is 0 Å². The average molecular weight is 313 g/mol. The molecule has 20 heavy (non-hydrogen) atoms. The minimum Gasteiger partial charge on any atom is -0.392 e. The smallest absolute Gasteiger partial charge is 0.0891 e. The predicted octanol–water partition coefficient (Wildman–Crippen LogP) is 2.20. The maximum Gasteiger partial charge on any atom is 0.0891 e. The van der Waals surface area contributed by atoms with Crippen molar-refractivity contribution in [2.45, 2.75) is 44.5 Å². The largest absolute Gasteiger partial charge is 0.392 e. The molecule has 112 valence electrons. The van der Waals surface area contributed by atoms with Crippen LogP contribution in [0, 0.1) is 6.92 Å². The van der Waals surface area contributed by atoms with E-state index >= 15 is 0 Å². The summed E-state index contributed by atoms with van der Waals surface area (Å²) in [6.45, 7) is 8.18. The van der Waals surface area contributed by atoms with Gasteiger partial charge in [0.05, 0.1) is 21.1 Å². The number of thiocarbonyl (C=S) groups is 1. The van der Waals surface area contributed by atoms with Gasteiger partial charge >= 0.3 is 0 Å². The van der Waals surface area contributed by atoms with Crippen molar-refractivity contribution in [2.75, 3.05) is 19.3 Å². The van der Waals surface area contributed by atoms with E-state index in [-0.39, 0.29) is 4.75 Å². The van der Waals surface area contributed by atoms with Crippen molar-refractivity contribution in [3.63, 3.8) is 0 Å². The number of rotatable bonds is 5. The predicted molar refractivity (Wildman–Crippen MR) is 90.2 cm³/mol. The first kappa shape index (κ1) is 15.8. The van der Waals surface area contributed by atoms with E-state index in [0.29, 0.717) is 4.99 Å². The Balaban J connectivity index is 1.99. The zero-order valence-electron chi connectivity index (χ0n) is 12.6. The Hall–Kier alpha value is -0.590.